The molecular weight excluding hydrogens is 869 g/mol. The van der Waals surface area contributed by atoms with Gasteiger partial charge in [-0.15, -0.1) is 11.3 Å². The molecule has 3 aromatic carbocycles. The molecule has 0 radical (unpaired) electrons. The molecule has 8 atom stereocenters. The fraction of sp³-hybridized carbons (Fsp3) is 0.510. The van der Waals surface area contributed by atoms with Crippen LogP contribution in [0.3, 0.4) is 0 Å². The Kier molecular flexibility index (Phi) is 13.2. The fourth-order valence-corrected chi connectivity index (χ4v) is 13.2. The van der Waals surface area contributed by atoms with Gasteiger partial charge in [-0.3, -0.25) is 28.6 Å². The number of carbonyl (C=O) groups is 4. The monoisotopic (exact) mass is 927 g/mol. The number of ether oxygens (including phenoxy) is 2. The lowest BCUT2D eigenvalue weighted by atomic mass is 9.92. The average Bonchev–Trinajstić information content (AvgIpc) is 3.56. The zero-order chi connectivity index (χ0) is 45.5. The van der Waals surface area contributed by atoms with E-state index < -0.39 is 43.4 Å². The minimum Gasteiger partial charge on any atom is -0.465 e. The fourth-order valence-electron chi connectivity index (χ4n) is 10.3. The van der Waals surface area contributed by atoms with E-state index in [1.165, 1.54) is 36.0 Å². The summed E-state index contributed by atoms with van der Waals surface area (Å²) in [6, 6.07) is 22.5. The van der Waals surface area contributed by atoms with Crippen LogP contribution in [0.15, 0.2) is 84.9 Å². The van der Waals surface area contributed by atoms with Crippen LogP contribution in [0, 0.1) is 0 Å². The van der Waals surface area contributed by atoms with Crippen LogP contribution in [0.1, 0.15) is 104 Å². The van der Waals surface area contributed by atoms with Crippen molar-refractivity contribution >= 4 is 52.6 Å². The summed E-state index contributed by atoms with van der Waals surface area (Å²) in [5, 5.41) is 6.23. The molecule has 1 unspecified atom stereocenters. The van der Waals surface area contributed by atoms with Crippen molar-refractivity contribution in [3.8, 4) is 5.75 Å². The zero-order valence-electron chi connectivity index (χ0n) is 37.2. The van der Waals surface area contributed by atoms with E-state index in [9.17, 15) is 23.7 Å². The number of hydrogen-bond donors (Lipinski definition) is 2. The Morgan fingerprint density at radius 2 is 1.72 bits per heavy atom. The summed E-state index contributed by atoms with van der Waals surface area (Å²) in [4.78, 5) is 63.3. The van der Waals surface area contributed by atoms with Gasteiger partial charge < -0.3 is 29.1 Å². The van der Waals surface area contributed by atoms with Crippen LogP contribution in [0.5, 0.6) is 5.75 Å². The van der Waals surface area contributed by atoms with E-state index in [-0.39, 0.29) is 59.3 Å². The number of halogens is 1. The van der Waals surface area contributed by atoms with Gasteiger partial charge in [0.1, 0.15) is 23.9 Å². The Hall–Kier alpha value is -4.66. The molecular formula is C49H59FN5O8PS. The summed E-state index contributed by atoms with van der Waals surface area (Å²) in [6.45, 7) is 5.40. The zero-order valence-corrected chi connectivity index (χ0v) is 38.9. The highest BCUT2D eigenvalue weighted by molar-refractivity contribution is 7.57. The SMILES string of the molecule is CCCOC(=O)[C@H](C)NP(=O)(Oc1ccccc1)[C@@H](F)c1ccc2sc(C(=O)N[C@H]3CC[C@H](N(C)C4COC4)C[C@H]4CC[C@@H](C(=O)N5C[C@H](c6ccccc6)CC56CC6)N4C3=O)cc2c1. The number of esters is 1. The van der Waals surface area contributed by atoms with E-state index in [4.69, 9.17) is 14.0 Å². The third-order valence-electron chi connectivity index (χ3n) is 14.2. The van der Waals surface area contributed by atoms with E-state index in [0.29, 0.717) is 66.8 Å². The average molecular weight is 928 g/mol. The van der Waals surface area contributed by atoms with Crippen molar-refractivity contribution in [1.82, 2.24) is 25.1 Å². The Bertz CT molecular complexity index is 2430. The molecule has 346 valence electrons. The predicted octanol–water partition coefficient (Wildman–Crippen LogP) is 7.96. The van der Waals surface area contributed by atoms with Crippen molar-refractivity contribution in [3.05, 3.63) is 101 Å². The van der Waals surface area contributed by atoms with Crippen molar-refractivity contribution < 1.29 is 42.1 Å². The van der Waals surface area contributed by atoms with Crippen molar-refractivity contribution in [3.63, 3.8) is 0 Å². The van der Waals surface area contributed by atoms with Gasteiger partial charge in [0.25, 0.3) is 5.91 Å². The van der Waals surface area contributed by atoms with Crippen LogP contribution in [0.25, 0.3) is 10.1 Å². The Morgan fingerprint density at radius 3 is 2.42 bits per heavy atom. The molecule has 1 spiro atoms. The second-order valence-corrected chi connectivity index (χ2v) is 21.8. The molecule has 13 nitrogen and oxygen atoms in total. The molecule has 1 aromatic heterocycles. The number of likely N-dealkylation sites (tertiary alicyclic amines) is 1. The summed E-state index contributed by atoms with van der Waals surface area (Å²) in [7, 11) is -2.35. The van der Waals surface area contributed by atoms with Crippen LogP contribution in [0.2, 0.25) is 0 Å². The molecule has 4 aliphatic heterocycles. The highest BCUT2D eigenvalue weighted by Gasteiger charge is 2.59. The van der Waals surface area contributed by atoms with E-state index >= 15 is 4.39 Å². The highest BCUT2D eigenvalue weighted by atomic mass is 32.1. The van der Waals surface area contributed by atoms with Gasteiger partial charge in [-0.2, -0.15) is 0 Å². The molecule has 65 heavy (non-hydrogen) atoms. The first-order chi connectivity index (χ1) is 31.4. The minimum atomic E-state index is -4.47. The number of rotatable bonds is 15. The Labute approximate surface area is 383 Å². The number of alkyl halides is 1. The molecule has 16 heteroatoms. The van der Waals surface area contributed by atoms with Gasteiger partial charge >= 0.3 is 13.5 Å². The number of likely N-dealkylation sites (N-methyl/N-ethyl adjacent to an activating group) is 1. The lowest BCUT2D eigenvalue weighted by Gasteiger charge is -2.44. The highest BCUT2D eigenvalue weighted by Crippen LogP contribution is 2.58. The summed E-state index contributed by atoms with van der Waals surface area (Å²) in [6.07, 6.45) is 6.57. The van der Waals surface area contributed by atoms with Crippen molar-refractivity contribution in [2.75, 3.05) is 33.4 Å². The van der Waals surface area contributed by atoms with Gasteiger partial charge in [-0.1, -0.05) is 61.5 Å². The lowest BCUT2D eigenvalue weighted by molar-refractivity contribution is -0.149. The van der Waals surface area contributed by atoms with Crippen molar-refractivity contribution in [2.45, 2.75) is 125 Å². The number of para-hydroxylation sites is 1. The molecule has 4 aromatic rings. The van der Waals surface area contributed by atoms with Crippen molar-refractivity contribution in [2.24, 2.45) is 0 Å². The molecule has 5 heterocycles. The van der Waals surface area contributed by atoms with Gasteiger partial charge in [0, 0.05) is 34.8 Å². The minimum absolute atomic E-state index is 0.0194. The van der Waals surface area contributed by atoms with E-state index in [2.05, 4.69) is 39.4 Å². The third kappa shape index (κ3) is 9.36. The molecule has 1 aliphatic carbocycles. The maximum Gasteiger partial charge on any atom is 0.355 e. The maximum absolute atomic E-state index is 16.7. The molecule has 0 bridgehead atoms. The standard InChI is InChI=1S/C49H59FN5O8PS/c1-4-23-62-48(59)31(2)52-64(60,63-39-13-9-6-10-14-39)44(50)33-15-20-42-34(24-33)25-43(65-42)45(56)51-40-18-16-36(53(3)38-29-61-30-38)26-37-17-19-41(55(37)46(40)57)47(58)54-28-35(27-49(54)21-22-49)32-11-7-5-8-12-32/h5-15,20,24-25,31,35-38,40-41,44H,4,16-19,21-23,26-30H2,1-3H3,(H,51,56)(H,52,60)/t31-,35+,36-,37+,40-,41-,44+,64?/m0/s1. The Balaban J connectivity index is 0.949. The van der Waals surface area contributed by atoms with Gasteiger partial charge in [0.15, 0.2) is 0 Å². The maximum atomic E-state index is 16.7. The quantitative estimate of drug-likeness (QED) is 0.0890. The number of benzene rings is 3. The molecule has 4 saturated heterocycles. The number of nitrogens with one attached hydrogen (secondary N) is 2. The topological polar surface area (TPSA) is 147 Å². The molecule has 2 N–H and O–H groups in total. The molecule has 3 amide bonds. The number of thiophene rings is 1. The van der Waals surface area contributed by atoms with Crippen LogP contribution in [-0.2, 0) is 28.4 Å². The third-order valence-corrected chi connectivity index (χ3v) is 17.5. The number of amides is 3. The largest absolute Gasteiger partial charge is 0.465 e. The van der Waals surface area contributed by atoms with Crippen LogP contribution < -0.4 is 14.9 Å². The summed E-state index contributed by atoms with van der Waals surface area (Å²) >= 11 is 1.20. The van der Waals surface area contributed by atoms with Crippen LogP contribution in [-0.4, -0.2) is 114 Å². The van der Waals surface area contributed by atoms with E-state index in [0.717, 1.165) is 25.7 Å². The summed E-state index contributed by atoms with van der Waals surface area (Å²) in [5.41, 5.74) is 1.11. The number of hydrogen-bond acceptors (Lipinski definition) is 10. The predicted molar refractivity (Wildman–Crippen MR) is 247 cm³/mol. The molecule has 1 saturated carbocycles. The number of nitrogens with zero attached hydrogens (tertiary/aromatic N) is 3. The van der Waals surface area contributed by atoms with E-state index in [1.54, 1.807) is 42.5 Å². The summed E-state index contributed by atoms with van der Waals surface area (Å²) < 4.78 is 48.4. The van der Waals surface area contributed by atoms with Gasteiger partial charge in [0.2, 0.25) is 17.7 Å². The van der Waals surface area contributed by atoms with Gasteiger partial charge in [0.05, 0.1) is 30.7 Å². The second kappa shape index (κ2) is 18.9. The lowest BCUT2D eigenvalue weighted by Crippen LogP contribution is -2.60. The number of fused-ring (bicyclic) bond motifs is 2. The molecule has 5 fully saturated rings. The first kappa shape index (κ1) is 45.5. The van der Waals surface area contributed by atoms with Gasteiger partial charge in [-0.25, -0.2) is 9.48 Å². The molecule has 5 aliphatic rings. The van der Waals surface area contributed by atoms with E-state index in [1.807, 2.05) is 30.0 Å². The van der Waals surface area contributed by atoms with Gasteiger partial charge in [-0.05, 0) is 119 Å². The summed E-state index contributed by atoms with van der Waals surface area (Å²) in [5.74, 6) is -3.12. The smallest absolute Gasteiger partial charge is 0.355 e. The second-order valence-electron chi connectivity index (χ2n) is 18.6. The number of carbonyl (C=O) groups excluding carboxylic acids is 4. The normalized spacial score (nSPS) is 25.9. The first-order valence-corrected chi connectivity index (χ1v) is 25.6. The van der Waals surface area contributed by atoms with Crippen LogP contribution >= 0.6 is 18.9 Å². The molecule has 9 rings (SSSR count). The van der Waals surface area contributed by atoms with Crippen LogP contribution in [0.4, 0.5) is 4.39 Å². The van der Waals surface area contributed by atoms with Crippen molar-refractivity contribution in [1.29, 1.82) is 0 Å². The Morgan fingerprint density at radius 1 is 0.985 bits per heavy atom. The first-order valence-electron chi connectivity index (χ1n) is 23.1.